The van der Waals surface area contributed by atoms with Crippen LogP contribution in [0.15, 0.2) is 48.5 Å². The van der Waals surface area contributed by atoms with Gasteiger partial charge in [-0.3, -0.25) is 0 Å². The number of nitrogens with zero attached hydrogens (tertiary/aromatic N) is 3. The molecule has 28 heavy (non-hydrogen) atoms. The lowest BCUT2D eigenvalue weighted by molar-refractivity contribution is 0.207. The van der Waals surface area contributed by atoms with Crippen molar-refractivity contribution in [1.82, 2.24) is 9.88 Å². The number of nitriles is 1. The second-order valence-electron chi connectivity index (χ2n) is 6.82. The lowest BCUT2D eigenvalue weighted by Crippen LogP contribution is -2.38. The van der Waals surface area contributed by atoms with Crippen molar-refractivity contribution < 1.29 is 4.79 Å². The van der Waals surface area contributed by atoms with Crippen molar-refractivity contribution in [3.63, 3.8) is 0 Å². The normalized spacial score (nSPS) is 10.5. The highest BCUT2D eigenvalue weighted by atomic mass is 16.2. The Labute approximate surface area is 164 Å². The minimum Gasteiger partial charge on any atom is -0.367 e. The number of pyridine rings is 1. The lowest BCUT2D eigenvalue weighted by Gasteiger charge is -2.21. The van der Waals surface area contributed by atoms with E-state index in [-0.39, 0.29) is 0 Å². The Morgan fingerprint density at radius 3 is 2.64 bits per heavy atom. The third-order valence-corrected chi connectivity index (χ3v) is 4.58. The number of aromatic nitrogens is 1. The number of hydrogen-bond donors (Lipinski definition) is 2. The van der Waals surface area contributed by atoms with Gasteiger partial charge in [-0.2, -0.15) is 5.26 Å². The fourth-order valence-corrected chi connectivity index (χ4v) is 3.25. The maximum absolute atomic E-state index is 11.8. The number of aryl methyl sites for hydroxylation is 2. The third-order valence-electron chi connectivity index (χ3n) is 4.58. The predicted molar refractivity (Wildman–Crippen MR) is 111 cm³/mol. The summed E-state index contributed by atoms with van der Waals surface area (Å²) in [5, 5.41) is 13.6. The summed E-state index contributed by atoms with van der Waals surface area (Å²) in [5.41, 5.74) is 10.1. The van der Waals surface area contributed by atoms with Crippen LogP contribution in [0, 0.1) is 25.2 Å². The average Bonchev–Trinajstić information content (AvgIpc) is 2.67. The summed E-state index contributed by atoms with van der Waals surface area (Å²) in [4.78, 5) is 18.0. The Hall–Kier alpha value is -3.59. The van der Waals surface area contributed by atoms with Crippen LogP contribution in [0.5, 0.6) is 0 Å². The van der Waals surface area contributed by atoms with Gasteiger partial charge < -0.3 is 16.0 Å². The lowest BCUT2D eigenvalue weighted by atomic mass is 10.1. The molecule has 3 aromatic rings. The second kappa shape index (κ2) is 8.40. The van der Waals surface area contributed by atoms with Crippen molar-refractivity contribution in [1.29, 1.82) is 5.26 Å². The second-order valence-corrected chi connectivity index (χ2v) is 6.82. The number of nitrogens with one attached hydrogen (secondary N) is 1. The highest BCUT2D eigenvalue weighted by Crippen LogP contribution is 2.24. The smallest absolute Gasteiger partial charge is 0.315 e. The van der Waals surface area contributed by atoms with Crippen LogP contribution in [-0.4, -0.2) is 29.0 Å². The standard InChI is InChI=1S/C22H23N5O/c1-15-10-16(2)20-18(11-15)12-19(13-23)21(26-20)25-8-9-27(22(24)28)14-17-6-4-3-5-7-17/h3-7,10-12H,8-9,14H2,1-2H3,(H2,24,28)(H,25,26). The van der Waals surface area contributed by atoms with Crippen LogP contribution >= 0.6 is 0 Å². The van der Waals surface area contributed by atoms with Crippen molar-refractivity contribution in [2.24, 2.45) is 5.73 Å². The van der Waals surface area contributed by atoms with Crippen LogP contribution in [-0.2, 0) is 6.54 Å². The number of primary amides is 1. The molecule has 0 bridgehead atoms. The fourth-order valence-electron chi connectivity index (χ4n) is 3.25. The Morgan fingerprint density at radius 2 is 1.96 bits per heavy atom. The molecule has 2 amide bonds. The zero-order valence-electron chi connectivity index (χ0n) is 16.1. The molecule has 6 heteroatoms. The van der Waals surface area contributed by atoms with Gasteiger partial charge in [-0.15, -0.1) is 0 Å². The van der Waals surface area contributed by atoms with E-state index < -0.39 is 6.03 Å². The number of fused-ring (bicyclic) bond motifs is 1. The van der Waals surface area contributed by atoms with Crippen LogP contribution in [0.3, 0.4) is 0 Å². The van der Waals surface area contributed by atoms with E-state index in [0.717, 1.165) is 27.6 Å². The molecule has 0 aliphatic rings. The molecule has 0 atom stereocenters. The molecule has 0 aliphatic carbocycles. The van der Waals surface area contributed by atoms with Gasteiger partial charge >= 0.3 is 6.03 Å². The van der Waals surface area contributed by atoms with Gasteiger partial charge in [0.1, 0.15) is 11.9 Å². The van der Waals surface area contributed by atoms with Crippen LogP contribution in [0.25, 0.3) is 10.9 Å². The minimum atomic E-state index is -0.482. The quantitative estimate of drug-likeness (QED) is 0.688. The molecular weight excluding hydrogens is 350 g/mol. The van der Waals surface area contributed by atoms with Crippen LogP contribution < -0.4 is 11.1 Å². The third kappa shape index (κ3) is 4.38. The molecule has 0 aliphatic heterocycles. The molecule has 142 valence electrons. The predicted octanol–water partition coefficient (Wildman–Crippen LogP) is 3.72. The fraction of sp³-hybridized carbons (Fsp3) is 0.227. The summed E-state index contributed by atoms with van der Waals surface area (Å²) in [6, 6.07) is 17.3. The van der Waals surface area contributed by atoms with E-state index in [9.17, 15) is 10.1 Å². The molecule has 0 unspecified atom stereocenters. The number of hydrogen-bond acceptors (Lipinski definition) is 4. The maximum atomic E-state index is 11.8. The molecule has 3 N–H and O–H groups in total. The molecule has 6 nitrogen and oxygen atoms in total. The molecular formula is C22H23N5O. The van der Waals surface area contributed by atoms with Gasteiger partial charge in [-0.1, -0.05) is 42.0 Å². The van der Waals surface area contributed by atoms with Crippen LogP contribution in [0.1, 0.15) is 22.3 Å². The molecule has 0 fully saturated rings. The van der Waals surface area contributed by atoms with E-state index in [4.69, 9.17) is 5.73 Å². The van der Waals surface area contributed by atoms with E-state index in [0.29, 0.717) is 31.0 Å². The molecule has 0 saturated heterocycles. The number of carbonyl (C=O) groups is 1. The van der Waals surface area contributed by atoms with Crippen molar-refractivity contribution in [3.8, 4) is 6.07 Å². The summed E-state index contributed by atoms with van der Waals surface area (Å²) in [5.74, 6) is 0.520. The van der Waals surface area contributed by atoms with Crippen molar-refractivity contribution in [2.45, 2.75) is 20.4 Å². The van der Waals surface area contributed by atoms with Crippen molar-refractivity contribution in [3.05, 3.63) is 70.8 Å². The molecule has 0 saturated carbocycles. The minimum absolute atomic E-state index is 0.404. The monoisotopic (exact) mass is 373 g/mol. The highest BCUT2D eigenvalue weighted by molar-refractivity contribution is 5.86. The van der Waals surface area contributed by atoms with Gasteiger partial charge in [-0.25, -0.2) is 9.78 Å². The molecule has 2 aromatic carbocycles. The van der Waals surface area contributed by atoms with Gasteiger partial charge in [0, 0.05) is 25.0 Å². The number of rotatable bonds is 6. The first-order valence-electron chi connectivity index (χ1n) is 9.12. The number of anilines is 1. The largest absolute Gasteiger partial charge is 0.367 e. The van der Waals surface area contributed by atoms with Crippen LogP contribution in [0.4, 0.5) is 10.6 Å². The van der Waals surface area contributed by atoms with Gasteiger partial charge in [-0.05, 0) is 37.1 Å². The summed E-state index contributed by atoms with van der Waals surface area (Å²) in [6.07, 6.45) is 0. The van der Waals surface area contributed by atoms with Gasteiger partial charge in [0.05, 0.1) is 11.1 Å². The summed E-state index contributed by atoms with van der Waals surface area (Å²) < 4.78 is 0. The summed E-state index contributed by atoms with van der Waals surface area (Å²) in [7, 11) is 0. The number of carbonyl (C=O) groups excluding carboxylic acids is 1. The SMILES string of the molecule is Cc1cc(C)c2nc(NCCN(Cc3ccccc3)C(N)=O)c(C#N)cc2c1. The topological polar surface area (TPSA) is 95.0 Å². The van der Waals surface area contributed by atoms with E-state index in [2.05, 4.69) is 22.4 Å². The zero-order valence-corrected chi connectivity index (χ0v) is 16.1. The first-order chi connectivity index (χ1) is 13.5. The van der Waals surface area contributed by atoms with Crippen molar-refractivity contribution >= 4 is 22.8 Å². The Morgan fingerprint density at radius 1 is 1.21 bits per heavy atom. The molecule has 0 spiro atoms. The molecule has 0 radical (unpaired) electrons. The van der Waals surface area contributed by atoms with Crippen LogP contribution in [0.2, 0.25) is 0 Å². The number of amides is 2. The first kappa shape index (κ1) is 19.2. The van der Waals surface area contributed by atoms with E-state index in [1.807, 2.05) is 56.3 Å². The average molecular weight is 373 g/mol. The number of benzene rings is 2. The Balaban J connectivity index is 1.75. The Bertz CT molecular complexity index is 1040. The summed E-state index contributed by atoms with van der Waals surface area (Å²) >= 11 is 0. The number of nitrogens with two attached hydrogens (primary N) is 1. The maximum Gasteiger partial charge on any atom is 0.315 e. The molecule has 1 heterocycles. The molecule has 1 aromatic heterocycles. The van der Waals surface area contributed by atoms with Gasteiger partial charge in [0.25, 0.3) is 0 Å². The number of urea groups is 1. The van der Waals surface area contributed by atoms with Gasteiger partial charge in [0.2, 0.25) is 0 Å². The van der Waals surface area contributed by atoms with Gasteiger partial charge in [0.15, 0.2) is 0 Å². The first-order valence-corrected chi connectivity index (χ1v) is 9.12. The van der Waals surface area contributed by atoms with E-state index >= 15 is 0 Å². The highest BCUT2D eigenvalue weighted by Gasteiger charge is 2.12. The zero-order chi connectivity index (χ0) is 20.1. The Kier molecular flexibility index (Phi) is 5.75. The molecule has 3 rings (SSSR count). The summed E-state index contributed by atoms with van der Waals surface area (Å²) in [6.45, 7) is 5.31. The van der Waals surface area contributed by atoms with E-state index in [1.165, 1.54) is 0 Å². The van der Waals surface area contributed by atoms with Crippen molar-refractivity contribution in [2.75, 3.05) is 18.4 Å². The van der Waals surface area contributed by atoms with E-state index in [1.54, 1.807) is 4.90 Å².